The van der Waals surface area contributed by atoms with E-state index in [9.17, 15) is 18.0 Å². The first-order chi connectivity index (χ1) is 15.5. The lowest BCUT2D eigenvalue weighted by atomic mass is 10.1. The number of ether oxygens (including phenoxy) is 2. The first-order valence-corrected chi connectivity index (χ1v) is 11.8. The molecule has 2 aromatic carbocycles. The van der Waals surface area contributed by atoms with Gasteiger partial charge in [-0.1, -0.05) is 26.0 Å². The summed E-state index contributed by atoms with van der Waals surface area (Å²) in [5, 5.41) is 8.80. The highest BCUT2D eigenvalue weighted by molar-refractivity contribution is 7.89. The van der Waals surface area contributed by atoms with Gasteiger partial charge < -0.3 is 14.6 Å². The summed E-state index contributed by atoms with van der Waals surface area (Å²) in [6.07, 6.45) is 3.94. The Morgan fingerprint density at radius 2 is 1.76 bits per heavy atom. The predicted octanol–water partition coefficient (Wildman–Crippen LogP) is 3.72. The van der Waals surface area contributed by atoms with Crippen LogP contribution < -0.4 is 9.47 Å². The van der Waals surface area contributed by atoms with Crippen LogP contribution in [0.3, 0.4) is 0 Å². The van der Waals surface area contributed by atoms with Crippen LogP contribution in [0.1, 0.15) is 36.2 Å². The van der Waals surface area contributed by atoms with E-state index < -0.39 is 22.5 Å². The van der Waals surface area contributed by atoms with Crippen LogP contribution in [0.4, 0.5) is 0 Å². The van der Waals surface area contributed by atoms with Crippen molar-refractivity contribution >= 4 is 27.9 Å². The van der Waals surface area contributed by atoms with Crippen molar-refractivity contribution in [3.63, 3.8) is 0 Å². The van der Waals surface area contributed by atoms with Crippen molar-refractivity contribution < 1.29 is 32.6 Å². The number of sulfonamides is 1. The first kappa shape index (κ1) is 26.1. The summed E-state index contributed by atoms with van der Waals surface area (Å²) in [5.41, 5.74) is 1.04. The molecule has 0 aliphatic carbocycles. The molecule has 178 valence electrons. The monoisotopic (exact) mass is 475 g/mol. The van der Waals surface area contributed by atoms with E-state index in [1.165, 1.54) is 37.4 Å². The molecule has 0 aliphatic heterocycles. The lowest BCUT2D eigenvalue weighted by Gasteiger charge is -2.14. The summed E-state index contributed by atoms with van der Waals surface area (Å²) < 4.78 is 36.7. The number of rotatable bonds is 12. The fraction of sp³-hybridized carbons (Fsp3) is 0.333. The van der Waals surface area contributed by atoms with Gasteiger partial charge in [0.05, 0.1) is 18.6 Å². The van der Waals surface area contributed by atoms with Crippen molar-refractivity contribution in [3.05, 3.63) is 59.7 Å². The van der Waals surface area contributed by atoms with Gasteiger partial charge in [-0.3, -0.25) is 9.59 Å². The molecule has 8 nitrogen and oxygen atoms in total. The highest BCUT2D eigenvalue weighted by atomic mass is 32.2. The van der Waals surface area contributed by atoms with Gasteiger partial charge in [0.15, 0.2) is 17.3 Å². The normalized spacial score (nSPS) is 11.8. The van der Waals surface area contributed by atoms with Gasteiger partial charge in [-0.15, -0.1) is 0 Å². The molecular weight excluding hydrogens is 446 g/mol. The molecule has 9 heteroatoms. The Kier molecular flexibility index (Phi) is 9.19. The molecular formula is C24H29NO7S. The Bertz CT molecular complexity index is 1110. The quantitative estimate of drug-likeness (QED) is 0.368. The smallest absolute Gasteiger partial charge is 0.318 e. The van der Waals surface area contributed by atoms with E-state index >= 15 is 0 Å². The minimum atomic E-state index is -3.96. The third-order valence-electron chi connectivity index (χ3n) is 4.77. The maximum absolute atomic E-state index is 12.5. The molecule has 0 radical (unpaired) electrons. The minimum absolute atomic E-state index is 0.0930. The van der Waals surface area contributed by atoms with E-state index in [0.717, 1.165) is 16.3 Å². The SMILES string of the molecule is COc1cc(/C=C/C(=O)c2ccc(S(=O)(=O)N(C)CC(=O)O)cc2)ccc1OCCC(C)C. The number of carboxylic acids is 1. The zero-order chi connectivity index (χ0) is 24.6. The molecule has 0 heterocycles. The molecule has 0 amide bonds. The number of carbonyl (C=O) groups is 2. The van der Waals surface area contributed by atoms with Gasteiger partial charge in [0.1, 0.15) is 6.54 Å². The van der Waals surface area contributed by atoms with E-state index in [-0.39, 0.29) is 10.7 Å². The Morgan fingerprint density at radius 3 is 2.33 bits per heavy atom. The predicted molar refractivity (Wildman–Crippen MR) is 125 cm³/mol. The second-order valence-corrected chi connectivity index (χ2v) is 9.86. The lowest BCUT2D eigenvalue weighted by Crippen LogP contribution is -2.32. The zero-order valence-electron chi connectivity index (χ0n) is 19.1. The van der Waals surface area contributed by atoms with Crippen LogP contribution in [-0.4, -0.2) is 56.9 Å². The summed E-state index contributed by atoms with van der Waals surface area (Å²) in [6.45, 7) is 4.17. The molecule has 0 unspecified atom stereocenters. The Hall–Kier alpha value is -3.17. The number of carboxylic acid groups (broad SMARTS) is 1. The van der Waals surface area contributed by atoms with Crippen molar-refractivity contribution in [2.24, 2.45) is 5.92 Å². The number of carbonyl (C=O) groups excluding carboxylic acids is 1. The second kappa shape index (κ2) is 11.6. The van der Waals surface area contributed by atoms with E-state index in [0.29, 0.717) is 29.6 Å². The van der Waals surface area contributed by atoms with Gasteiger partial charge in [0, 0.05) is 12.6 Å². The van der Waals surface area contributed by atoms with Crippen LogP contribution in [0.25, 0.3) is 6.08 Å². The van der Waals surface area contributed by atoms with Crippen LogP contribution in [0.5, 0.6) is 11.5 Å². The Balaban J connectivity index is 2.10. The molecule has 2 rings (SSSR count). The fourth-order valence-corrected chi connectivity index (χ4v) is 3.95. The number of methoxy groups -OCH3 is 1. The average molecular weight is 476 g/mol. The third-order valence-corrected chi connectivity index (χ3v) is 6.59. The van der Waals surface area contributed by atoms with Crippen molar-refractivity contribution in [2.45, 2.75) is 25.2 Å². The molecule has 2 aromatic rings. The molecule has 0 aliphatic rings. The van der Waals surface area contributed by atoms with Gasteiger partial charge in [0.25, 0.3) is 0 Å². The minimum Gasteiger partial charge on any atom is -0.493 e. The van der Waals surface area contributed by atoms with E-state index in [1.54, 1.807) is 25.3 Å². The van der Waals surface area contributed by atoms with Crippen LogP contribution in [0, 0.1) is 5.92 Å². The number of allylic oxidation sites excluding steroid dienone is 1. The molecule has 33 heavy (non-hydrogen) atoms. The van der Waals surface area contributed by atoms with Crippen molar-refractivity contribution in [1.29, 1.82) is 0 Å². The van der Waals surface area contributed by atoms with E-state index in [1.807, 2.05) is 6.07 Å². The number of benzene rings is 2. The van der Waals surface area contributed by atoms with E-state index in [4.69, 9.17) is 14.6 Å². The maximum Gasteiger partial charge on any atom is 0.318 e. The fourth-order valence-electron chi connectivity index (χ4n) is 2.83. The highest BCUT2D eigenvalue weighted by Crippen LogP contribution is 2.29. The van der Waals surface area contributed by atoms with E-state index in [2.05, 4.69) is 13.8 Å². The first-order valence-electron chi connectivity index (χ1n) is 10.4. The van der Waals surface area contributed by atoms with Gasteiger partial charge >= 0.3 is 5.97 Å². The van der Waals surface area contributed by atoms with Gasteiger partial charge in [-0.05, 0) is 60.4 Å². The Labute approximate surface area is 194 Å². The topological polar surface area (TPSA) is 110 Å². The second-order valence-electron chi connectivity index (χ2n) is 7.82. The Morgan fingerprint density at radius 1 is 1.09 bits per heavy atom. The molecule has 1 N–H and O–H groups in total. The summed E-state index contributed by atoms with van der Waals surface area (Å²) in [7, 11) is -1.23. The van der Waals surface area contributed by atoms with Crippen molar-refractivity contribution in [3.8, 4) is 11.5 Å². The zero-order valence-corrected chi connectivity index (χ0v) is 20.0. The summed E-state index contributed by atoms with van der Waals surface area (Å²) in [4.78, 5) is 23.2. The molecule has 0 saturated heterocycles. The van der Waals surface area contributed by atoms with Crippen LogP contribution in [0.15, 0.2) is 53.4 Å². The molecule has 0 bridgehead atoms. The van der Waals surface area contributed by atoms with Crippen LogP contribution in [-0.2, 0) is 14.8 Å². The van der Waals surface area contributed by atoms with Gasteiger partial charge in [0.2, 0.25) is 10.0 Å². The molecule has 0 atom stereocenters. The summed E-state index contributed by atoms with van der Waals surface area (Å²) >= 11 is 0. The molecule has 0 spiro atoms. The lowest BCUT2D eigenvalue weighted by molar-refractivity contribution is -0.137. The van der Waals surface area contributed by atoms with Gasteiger partial charge in [-0.25, -0.2) is 8.42 Å². The number of likely N-dealkylation sites (N-methyl/N-ethyl adjacent to an activating group) is 1. The van der Waals surface area contributed by atoms with Crippen molar-refractivity contribution in [2.75, 3.05) is 27.3 Å². The van der Waals surface area contributed by atoms with Gasteiger partial charge in [-0.2, -0.15) is 4.31 Å². The molecule has 0 aromatic heterocycles. The maximum atomic E-state index is 12.5. The average Bonchev–Trinajstić information content (AvgIpc) is 2.77. The van der Waals surface area contributed by atoms with Crippen molar-refractivity contribution in [1.82, 2.24) is 4.31 Å². The largest absolute Gasteiger partial charge is 0.493 e. The number of aliphatic carboxylic acids is 1. The summed E-state index contributed by atoms with van der Waals surface area (Å²) in [5.74, 6) is 0.155. The number of hydrogen-bond donors (Lipinski definition) is 1. The molecule has 0 fully saturated rings. The number of ketones is 1. The third kappa shape index (κ3) is 7.44. The number of hydrogen-bond acceptors (Lipinski definition) is 6. The standard InChI is InChI=1S/C24H29NO7S/c1-17(2)13-14-32-22-12-6-18(15-23(22)31-4)5-11-21(26)19-7-9-20(10-8-19)33(29,30)25(3)16-24(27)28/h5-12,15,17H,13-14,16H2,1-4H3,(H,27,28)/b11-5+. The van der Waals surface area contributed by atoms with Crippen LogP contribution >= 0.6 is 0 Å². The van der Waals surface area contributed by atoms with Crippen LogP contribution in [0.2, 0.25) is 0 Å². The summed E-state index contributed by atoms with van der Waals surface area (Å²) in [6, 6.07) is 10.7. The number of nitrogens with zero attached hydrogens (tertiary/aromatic N) is 1. The molecule has 0 saturated carbocycles. The highest BCUT2D eigenvalue weighted by Gasteiger charge is 2.22.